The van der Waals surface area contributed by atoms with E-state index in [1.54, 1.807) is 0 Å². The monoisotopic (exact) mass is 359 g/mol. The lowest BCUT2D eigenvalue weighted by Crippen LogP contribution is -2.35. The number of hydrogen-bond donors (Lipinski definition) is 1. The molecule has 1 fully saturated rings. The highest BCUT2D eigenvalue weighted by Gasteiger charge is 2.21. The Morgan fingerprint density at radius 1 is 1.04 bits per heavy atom. The fourth-order valence-corrected chi connectivity index (χ4v) is 3.76. The Hall–Kier alpha value is -1.71. The molecule has 0 spiro atoms. The van der Waals surface area contributed by atoms with E-state index in [2.05, 4.69) is 22.0 Å². The number of H-pyrrole nitrogens is 1. The smallest absolute Gasteiger partial charge is 0.203 e. The number of para-hydroxylation sites is 2. The standard InChI is InChI=1S/C19H19Cl2N3/c20-15-6-5-14(12-16(15)21)11-13-7-9-24(10-8-13)19-22-17-3-1-2-4-18(17)23-19/h1-6,12-13H,7-11H2,(H,22,23). The number of rotatable bonds is 3. The maximum absolute atomic E-state index is 6.12. The maximum atomic E-state index is 6.12. The molecule has 4 rings (SSSR count). The van der Waals surface area contributed by atoms with Crippen molar-refractivity contribution in [1.29, 1.82) is 0 Å². The average Bonchev–Trinajstić information content (AvgIpc) is 3.03. The van der Waals surface area contributed by atoms with E-state index >= 15 is 0 Å². The molecular formula is C19H19Cl2N3. The summed E-state index contributed by atoms with van der Waals surface area (Å²) in [6.07, 6.45) is 3.39. The first-order valence-corrected chi connectivity index (χ1v) is 9.08. The number of imidazole rings is 1. The van der Waals surface area contributed by atoms with Gasteiger partial charge in [0.05, 0.1) is 21.1 Å². The van der Waals surface area contributed by atoms with Gasteiger partial charge in [0.2, 0.25) is 5.95 Å². The third-order valence-electron chi connectivity index (χ3n) is 4.80. The van der Waals surface area contributed by atoms with Crippen molar-refractivity contribution in [3.05, 3.63) is 58.1 Å². The second kappa shape index (κ2) is 6.66. The van der Waals surface area contributed by atoms with Gasteiger partial charge in [0.1, 0.15) is 0 Å². The molecule has 3 nitrogen and oxygen atoms in total. The highest BCUT2D eigenvalue weighted by atomic mass is 35.5. The molecule has 1 N–H and O–H groups in total. The second-order valence-corrected chi connectivity index (χ2v) is 7.27. The van der Waals surface area contributed by atoms with Crippen molar-refractivity contribution in [2.24, 2.45) is 5.92 Å². The van der Waals surface area contributed by atoms with E-state index in [9.17, 15) is 0 Å². The van der Waals surface area contributed by atoms with Crippen LogP contribution in [-0.4, -0.2) is 23.1 Å². The van der Waals surface area contributed by atoms with Crippen molar-refractivity contribution in [2.75, 3.05) is 18.0 Å². The number of hydrogen-bond acceptors (Lipinski definition) is 2. The lowest BCUT2D eigenvalue weighted by molar-refractivity contribution is 0.401. The molecule has 0 amide bonds. The molecule has 1 aliphatic rings. The van der Waals surface area contributed by atoms with E-state index in [-0.39, 0.29) is 0 Å². The number of aromatic nitrogens is 2. The number of aromatic amines is 1. The van der Waals surface area contributed by atoms with Crippen molar-refractivity contribution >= 4 is 40.2 Å². The minimum atomic E-state index is 0.625. The number of benzene rings is 2. The van der Waals surface area contributed by atoms with Gasteiger partial charge in [-0.25, -0.2) is 4.98 Å². The minimum Gasteiger partial charge on any atom is -0.342 e. The summed E-state index contributed by atoms with van der Waals surface area (Å²) in [5.41, 5.74) is 3.41. The van der Waals surface area contributed by atoms with Crippen LogP contribution in [0.3, 0.4) is 0 Å². The molecule has 5 heteroatoms. The fourth-order valence-electron chi connectivity index (χ4n) is 3.44. The van der Waals surface area contributed by atoms with Crippen LogP contribution >= 0.6 is 23.2 Å². The predicted molar refractivity (Wildman–Crippen MR) is 101 cm³/mol. The molecule has 24 heavy (non-hydrogen) atoms. The zero-order valence-electron chi connectivity index (χ0n) is 13.3. The quantitative estimate of drug-likeness (QED) is 0.685. The van der Waals surface area contributed by atoms with E-state index in [1.165, 1.54) is 5.56 Å². The molecule has 1 saturated heterocycles. The lowest BCUT2D eigenvalue weighted by atomic mass is 9.90. The van der Waals surface area contributed by atoms with Crippen molar-refractivity contribution in [1.82, 2.24) is 9.97 Å². The van der Waals surface area contributed by atoms with Gasteiger partial charge < -0.3 is 9.88 Å². The average molecular weight is 360 g/mol. The van der Waals surface area contributed by atoms with Crippen LogP contribution in [0.4, 0.5) is 5.95 Å². The number of fused-ring (bicyclic) bond motifs is 1. The van der Waals surface area contributed by atoms with Gasteiger partial charge in [-0.05, 0) is 55.0 Å². The van der Waals surface area contributed by atoms with Gasteiger partial charge in [0.25, 0.3) is 0 Å². The topological polar surface area (TPSA) is 31.9 Å². The molecule has 124 valence electrons. The molecule has 2 aromatic carbocycles. The van der Waals surface area contributed by atoms with Crippen LogP contribution < -0.4 is 4.90 Å². The van der Waals surface area contributed by atoms with Gasteiger partial charge in [0.15, 0.2) is 0 Å². The summed E-state index contributed by atoms with van der Waals surface area (Å²) < 4.78 is 0. The number of halogens is 2. The Morgan fingerprint density at radius 2 is 1.83 bits per heavy atom. The number of piperidine rings is 1. The molecule has 0 atom stereocenters. The molecule has 1 aliphatic heterocycles. The minimum absolute atomic E-state index is 0.625. The molecule has 0 aliphatic carbocycles. The summed E-state index contributed by atoms with van der Waals surface area (Å²) in [6, 6.07) is 14.2. The van der Waals surface area contributed by atoms with Crippen LogP contribution in [-0.2, 0) is 6.42 Å². The zero-order valence-corrected chi connectivity index (χ0v) is 14.8. The summed E-state index contributed by atoms with van der Waals surface area (Å²) >= 11 is 12.1. The van der Waals surface area contributed by atoms with E-state index < -0.39 is 0 Å². The van der Waals surface area contributed by atoms with Gasteiger partial charge in [0, 0.05) is 13.1 Å². The first-order valence-electron chi connectivity index (χ1n) is 8.32. The molecule has 3 aromatic rings. The van der Waals surface area contributed by atoms with Crippen molar-refractivity contribution in [2.45, 2.75) is 19.3 Å². The predicted octanol–water partition coefficient (Wildman–Crippen LogP) is 5.33. The van der Waals surface area contributed by atoms with E-state index in [1.807, 2.05) is 30.3 Å². The Kier molecular flexibility index (Phi) is 4.38. The molecule has 1 aromatic heterocycles. The SMILES string of the molecule is Clc1ccc(CC2CCN(c3nc4ccccc4[nH]3)CC2)cc1Cl. The van der Waals surface area contributed by atoms with Crippen LogP contribution in [0.5, 0.6) is 0 Å². The third-order valence-corrected chi connectivity index (χ3v) is 5.54. The molecule has 0 bridgehead atoms. The lowest BCUT2D eigenvalue weighted by Gasteiger charge is -2.31. The second-order valence-electron chi connectivity index (χ2n) is 6.46. The highest BCUT2D eigenvalue weighted by Crippen LogP contribution is 2.28. The Bertz CT molecular complexity index is 818. The first kappa shape index (κ1) is 15.8. The van der Waals surface area contributed by atoms with Gasteiger partial charge in [-0.1, -0.05) is 41.4 Å². The van der Waals surface area contributed by atoms with E-state index in [0.717, 1.165) is 49.3 Å². The van der Waals surface area contributed by atoms with Gasteiger partial charge in [-0.2, -0.15) is 0 Å². The van der Waals surface area contributed by atoms with Crippen molar-refractivity contribution < 1.29 is 0 Å². The zero-order chi connectivity index (χ0) is 16.5. The summed E-state index contributed by atoms with van der Waals surface area (Å²) in [6.45, 7) is 2.07. The normalized spacial score (nSPS) is 16.0. The molecule has 0 radical (unpaired) electrons. The number of nitrogens with zero attached hydrogens (tertiary/aromatic N) is 2. The van der Waals surface area contributed by atoms with E-state index in [4.69, 9.17) is 28.2 Å². The Morgan fingerprint density at radius 3 is 2.58 bits per heavy atom. The third kappa shape index (κ3) is 3.24. The Balaban J connectivity index is 1.40. The number of anilines is 1. The van der Waals surface area contributed by atoms with Gasteiger partial charge in [-0.3, -0.25) is 0 Å². The molecular weight excluding hydrogens is 341 g/mol. The van der Waals surface area contributed by atoms with Gasteiger partial charge in [-0.15, -0.1) is 0 Å². The van der Waals surface area contributed by atoms with Crippen LogP contribution in [0.1, 0.15) is 18.4 Å². The van der Waals surface area contributed by atoms with Crippen LogP contribution in [0.15, 0.2) is 42.5 Å². The first-order chi connectivity index (χ1) is 11.7. The highest BCUT2D eigenvalue weighted by molar-refractivity contribution is 6.42. The molecule has 0 saturated carbocycles. The van der Waals surface area contributed by atoms with Gasteiger partial charge >= 0.3 is 0 Å². The van der Waals surface area contributed by atoms with Crippen molar-refractivity contribution in [3.63, 3.8) is 0 Å². The number of nitrogens with one attached hydrogen (secondary N) is 1. The van der Waals surface area contributed by atoms with Crippen molar-refractivity contribution in [3.8, 4) is 0 Å². The Labute approximate surface area is 151 Å². The summed E-state index contributed by atoms with van der Waals surface area (Å²) in [5.74, 6) is 1.67. The van der Waals surface area contributed by atoms with Crippen LogP contribution in [0.25, 0.3) is 11.0 Å². The van der Waals surface area contributed by atoms with E-state index in [0.29, 0.717) is 16.0 Å². The largest absolute Gasteiger partial charge is 0.342 e. The fraction of sp³-hybridized carbons (Fsp3) is 0.316. The summed E-state index contributed by atoms with van der Waals surface area (Å²) in [5, 5.41) is 1.27. The molecule has 0 unspecified atom stereocenters. The maximum Gasteiger partial charge on any atom is 0.203 e. The van der Waals surface area contributed by atoms with Crippen LogP contribution in [0, 0.1) is 5.92 Å². The molecule has 2 heterocycles. The summed E-state index contributed by atoms with van der Waals surface area (Å²) in [4.78, 5) is 10.5. The summed E-state index contributed by atoms with van der Waals surface area (Å²) in [7, 11) is 0. The van der Waals surface area contributed by atoms with Crippen LogP contribution in [0.2, 0.25) is 10.0 Å².